The highest BCUT2D eigenvalue weighted by Crippen LogP contribution is 2.29. The molecule has 1 aromatic rings. The number of halogens is 1. The van der Waals surface area contributed by atoms with E-state index in [9.17, 15) is 10.2 Å². The Bertz CT molecular complexity index is 316. The summed E-state index contributed by atoms with van der Waals surface area (Å²) in [7, 11) is 0. The number of nitrogens with two attached hydrogens (primary N) is 1. The largest absolute Gasteiger partial charge is 0.508 e. The van der Waals surface area contributed by atoms with E-state index in [1.807, 2.05) is 0 Å². The Morgan fingerprint density at radius 1 is 1.43 bits per heavy atom. The van der Waals surface area contributed by atoms with E-state index in [1.165, 1.54) is 6.07 Å². The van der Waals surface area contributed by atoms with Gasteiger partial charge >= 0.3 is 0 Å². The van der Waals surface area contributed by atoms with Crippen molar-refractivity contribution in [3.05, 3.63) is 28.3 Å². The van der Waals surface area contributed by atoms with Gasteiger partial charge in [0.15, 0.2) is 0 Å². The Balaban J connectivity index is 3.12. The first-order valence-electron chi connectivity index (χ1n) is 4.36. The number of rotatable bonds is 2. The van der Waals surface area contributed by atoms with Crippen molar-refractivity contribution < 1.29 is 10.2 Å². The first-order valence-corrected chi connectivity index (χ1v) is 4.74. The summed E-state index contributed by atoms with van der Waals surface area (Å²) < 4.78 is 0. The number of hydrogen-bond acceptors (Lipinski definition) is 3. The quantitative estimate of drug-likeness (QED) is 0.704. The topological polar surface area (TPSA) is 66.5 Å². The molecule has 1 rings (SSSR count). The normalized spacial score (nSPS) is 15.2. The predicted octanol–water partition coefficient (Wildman–Crippen LogP) is 1.73. The monoisotopic (exact) mass is 215 g/mol. The van der Waals surface area contributed by atoms with Crippen molar-refractivity contribution >= 4 is 11.6 Å². The summed E-state index contributed by atoms with van der Waals surface area (Å²) in [6.07, 6.45) is -0.806. The van der Waals surface area contributed by atoms with Crippen LogP contribution in [0.15, 0.2) is 12.1 Å². The molecule has 0 aliphatic rings. The highest BCUT2D eigenvalue weighted by atomic mass is 35.5. The Hall–Kier alpha value is -0.770. The molecule has 4 heteroatoms. The average molecular weight is 216 g/mol. The van der Waals surface area contributed by atoms with E-state index in [-0.39, 0.29) is 5.75 Å². The van der Waals surface area contributed by atoms with Crippen molar-refractivity contribution in [2.45, 2.75) is 26.0 Å². The molecule has 1 aromatic carbocycles. The lowest BCUT2D eigenvalue weighted by Gasteiger charge is -2.16. The van der Waals surface area contributed by atoms with Gasteiger partial charge in [0.2, 0.25) is 0 Å². The molecule has 0 aliphatic carbocycles. The predicted molar refractivity (Wildman–Crippen MR) is 56.5 cm³/mol. The van der Waals surface area contributed by atoms with Crippen LogP contribution in [0.2, 0.25) is 5.02 Å². The van der Waals surface area contributed by atoms with Crippen molar-refractivity contribution in [3.8, 4) is 5.75 Å². The molecule has 3 nitrogen and oxygen atoms in total. The summed E-state index contributed by atoms with van der Waals surface area (Å²) >= 11 is 5.86. The number of phenols is 1. The summed E-state index contributed by atoms with van der Waals surface area (Å²) in [6.45, 7) is 3.40. The third-order valence-electron chi connectivity index (χ3n) is 2.18. The van der Waals surface area contributed by atoms with Crippen molar-refractivity contribution in [2.75, 3.05) is 0 Å². The molecule has 0 aliphatic heterocycles. The van der Waals surface area contributed by atoms with Gasteiger partial charge < -0.3 is 15.9 Å². The molecule has 0 saturated carbocycles. The van der Waals surface area contributed by atoms with Crippen LogP contribution in [-0.4, -0.2) is 16.3 Å². The first kappa shape index (κ1) is 11.3. The summed E-state index contributed by atoms with van der Waals surface area (Å²) in [5.74, 6) is 0.0761. The molecule has 0 heterocycles. The Morgan fingerprint density at radius 2 is 2.00 bits per heavy atom. The van der Waals surface area contributed by atoms with Crippen LogP contribution >= 0.6 is 11.6 Å². The lowest BCUT2D eigenvalue weighted by Crippen LogP contribution is -2.24. The third-order valence-corrected chi connectivity index (χ3v) is 2.57. The molecule has 0 radical (unpaired) electrons. The van der Waals surface area contributed by atoms with Crippen molar-refractivity contribution in [1.82, 2.24) is 0 Å². The summed E-state index contributed by atoms with van der Waals surface area (Å²) in [5.41, 5.74) is 6.67. The van der Waals surface area contributed by atoms with Gasteiger partial charge in [0.25, 0.3) is 0 Å². The van der Waals surface area contributed by atoms with E-state index < -0.39 is 12.1 Å². The standard InChI is InChI=1S/C10H14ClNO2/c1-5-8(11)3-7(4-9(5)13)10(14)6(2)12/h3-4,6,10,13-14H,12H2,1-2H3. The average Bonchev–Trinajstić information content (AvgIpc) is 2.12. The number of benzene rings is 1. The van der Waals surface area contributed by atoms with Crippen LogP contribution in [-0.2, 0) is 0 Å². The maximum Gasteiger partial charge on any atom is 0.120 e. The molecule has 0 amide bonds. The molecule has 0 spiro atoms. The van der Waals surface area contributed by atoms with E-state index in [2.05, 4.69) is 0 Å². The zero-order valence-corrected chi connectivity index (χ0v) is 8.92. The van der Waals surface area contributed by atoms with Gasteiger partial charge in [-0.1, -0.05) is 11.6 Å². The molecule has 0 aromatic heterocycles. The van der Waals surface area contributed by atoms with Crippen LogP contribution in [0.3, 0.4) is 0 Å². The lowest BCUT2D eigenvalue weighted by atomic mass is 10.0. The number of aromatic hydroxyl groups is 1. The number of aliphatic hydroxyl groups excluding tert-OH is 1. The highest BCUT2D eigenvalue weighted by molar-refractivity contribution is 6.31. The molecule has 0 saturated heterocycles. The fourth-order valence-corrected chi connectivity index (χ4v) is 1.38. The molecular formula is C10H14ClNO2. The van der Waals surface area contributed by atoms with Crippen LogP contribution < -0.4 is 5.73 Å². The Labute approximate surface area is 88.1 Å². The Kier molecular flexibility index (Phi) is 3.37. The van der Waals surface area contributed by atoms with Crippen LogP contribution in [0.5, 0.6) is 5.75 Å². The fraction of sp³-hybridized carbons (Fsp3) is 0.400. The number of phenolic OH excluding ortho intramolecular Hbond substituents is 1. The van der Waals surface area contributed by atoms with Crippen LogP contribution in [0.1, 0.15) is 24.2 Å². The van der Waals surface area contributed by atoms with Gasteiger partial charge in [0.1, 0.15) is 5.75 Å². The van der Waals surface area contributed by atoms with E-state index in [0.717, 1.165) is 0 Å². The van der Waals surface area contributed by atoms with Gasteiger partial charge in [-0.05, 0) is 31.5 Å². The van der Waals surface area contributed by atoms with Gasteiger partial charge in [-0.3, -0.25) is 0 Å². The van der Waals surface area contributed by atoms with Gasteiger partial charge in [-0.15, -0.1) is 0 Å². The Morgan fingerprint density at radius 3 is 2.43 bits per heavy atom. The number of aliphatic hydroxyl groups is 1. The minimum absolute atomic E-state index is 0.0761. The smallest absolute Gasteiger partial charge is 0.120 e. The molecule has 2 atom stereocenters. The van der Waals surface area contributed by atoms with E-state index >= 15 is 0 Å². The van der Waals surface area contributed by atoms with E-state index in [0.29, 0.717) is 16.1 Å². The first-order chi connectivity index (χ1) is 6.43. The second-order valence-electron chi connectivity index (χ2n) is 3.45. The molecule has 4 N–H and O–H groups in total. The lowest BCUT2D eigenvalue weighted by molar-refractivity contribution is 0.153. The molecule has 2 unspecified atom stereocenters. The van der Waals surface area contributed by atoms with Crippen molar-refractivity contribution in [3.63, 3.8) is 0 Å². The van der Waals surface area contributed by atoms with Crippen LogP contribution in [0, 0.1) is 6.92 Å². The molecule has 78 valence electrons. The highest BCUT2D eigenvalue weighted by Gasteiger charge is 2.15. The van der Waals surface area contributed by atoms with Gasteiger partial charge in [-0.25, -0.2) is 0 Å². The molecule has 0 bridgehead atoms. The maximum atomic E-state index is 9.64. The minimum atomic E-state index is -0.806. The molecule has 0 fully saturated rings. The van der Waals surface area contributed by atoms with E-state index in [4.69, 9.17) is 17.3 Å². The van der Waals surface area contributed by atoms with Crippen molar-refractivity contribution in [2.24, 2.45) is 5.73 Å². The summed E-state index contributed by atoms with van der Waals surface area (Å²) in [4.78, 5) is 0. The third kappa shape index (κ3) is 2.18. The van der Waals surface area contributed by atoms with Gasteiger partial charge in [-0.2, -0.15) is 0 Å². The molecular weight excluding hydrogens is 202 g/mol. The second kappa shape index (κ2) is 4.17. The van der Waals surface area contributed by atoms with Gasteiger partial charge in [0, 0.05) is 16.6 Å². The molecule has 14 heavy (non-hydrogen) atoms. The van der Waals surface area contributed by atoms with Crippen LogP contribution in [0.25, 0.3) is 0 Å². The van der Waals surface area contributed by atoms with Crippen LogP contribution in [0.4, 0.5) is 0 Å². The number of hydrogen-bond donors (Lipinski definition) is 3. The fourth-order valence-electron chi connectivity index (χ4n) is 1.16. The van der Waals surface area contributed by atoms with E-state index in [1.54, 1.807) is 19.9 Å². The summed E-state index contributed by atoms with van der Waals surface area (Å²) in [6, 6.07) is 2.70. The zero-order valence-electron chi connectivity index (χ0n) is 8.16. The SMILES string of the molecule is Cc1c(O)cc(C(O)C(C)N)cc1Cl. The second-order valence-corrected chi connectivity index (χ2v) is 3.86. The maximum absolute atomic E-state index is 9.64. The zero-order chi connectivity index (χ0) is 10.9. The minimum Gasteiger partial charge on any atom is -0.508 e. The van der Waals surface area contributed by atoms with Crippen molar-refractivity contribution in [1.29, 1.82) is 0 Å². The van der Waals surface area contributed by atoms with Gasteiger partial charge in [0.05, 0.1) is 6.10 Å². The summed E-state index contributed by atoms with van der Waals surface area (Å²) in [5, 5.41) is 19.5.